The first-order chi connectivity index (χ1) is 9.40. The fraction of sp³-hybridized carbons (Fsp3) is 0.143. The first-order valence-electron chi connectivity index (χ1n) is 5.72. The quantitative estimate of drug-likeness (QED) is 0.655. The second-order valence-corrected chi connectivity index (χ2v) is 4.28. The van der Waals surface area contributed by atoms with Gasteiger partial charge in [0.1, 0.15) is 11.5 Å². The fourth-order valence-corrected chi connectivity index (χ4v) is 1.67. The molecule has 0 radical (unpaired) electrons. The number of halogens is 5. The highest BCUT2D eigenvalue weighted by atomic mass is 19.2. The van der Waals surface area contributed by atoms with Gasteiger partial charge in [0.15, 0.2) is 23.3 Å². The summed E-state index contributed by atoms with van der Waals surface area (Å²) in [5.41, 5.74) is -0.108. The summed E-state index contributed by atoms with van der Waals surface area (Å²) in [6, 6.07) is 4.33. The second-order valence-electron chi connectivity index (χ2n) is 4.28. The highest BCUT2D eigenvalue weighted by Crippen LogP contribution is 2.24. The molecule has 0 unspecified atom stereocenters. The highest BCUT2D eigenvalue weighted by molar-refractivity contribution is 5.47. The Morgan fingerprint density at radius 1 is 0.850 bits per heavy atom. The summed E-state index contributed by atoms with van der Waals surface area (Å²) in [7, 11) is 0. The molecule has 1 nitrogen and oxygen atoms in total. The third-order valence-corrected chi connectivity index (χ3v) is 2.82. The zero-order valence-electron chi connectivity index (χ0n) is 10.4. The molecule has 0 aromatic heterocycles. The molecule has 1 N–H and O–H groups in total. The van der Waals surface area contributed by atoms with Crippen molar-refractivity contribution >= 4 is 5.69 Å². The zero-order chi connectivity index (χ0) is 14.9. The Bertz CT molecular complexity index is 628. The molecule has 0 saturated heterocycles. The van der Waals surface area contributed by atoms with Crippen LogP contribution in [0.3, 0.4) is 0 Å². The molecule has 20 heavy (non-hydrogen) atoms. The number of benzene rings is 2. The van der Waals surface area contributed by atoms with E-state index in [0.29, 0.717) is 11.1 Å². The van der Waals surface area contributed by atoms with Gasteiger partial charge in [-0.15, -0.1) is 0 Å². The van der Waals surface area contributed by atoms with Gasteiger partial charge >= 0.3 is 0 Å². The maximum absolute atomic E-state index is 13.4. The minimum Gasteiger partial charge on any atom is -0.376 e. The Morgan fingerprint density at radius 3 is 2.00 bits per heavy atom. The molecule has 2 rings (SSSR count). The first kappa shape index (κ1) is 14.3. The summed E-state index contributed by atoms with van der Waals surface area (Å²) in [5, 5.41) is 2.23. The van der Waals surface area contributed by atoms with Crippen LogP contribution in [0.25, 0.3) is 0 Å². The largest absolute Gasteiger partial charge is 0.376 e. The smallest absolute Gasteiger partial charge is 0.185 e. The molecule has 0 atom stereocenters. The number of aryl methyl sites for hydroxylation is 1. The summed E-state index contributed by atoms with van der Waals surface area (Å²) in [5.74, 6) is -6.51. The van der Waals surface area contributed by atoms with Crippen LogP contribution in [0.1, 0.15) is 11.1 Å². The van der Waals surface area contributed by atoms with Crippen LogP contribution in [0, 0.1) is 36.0 Å². The highest BCUT2D eigenvalue weighted by Gasteiger charge is 2.18. The normalized spacial score (nSPS) is 10.7. The lowest BCUT2D eigenvalue weighted by molar-refractivity contribution is 0.458. The minimum atomic E-state index is -1.52. The van der Waals surface area contributed by atoms with Gasteiger partial charge in [0.05, 0.1) is 0 Å². The van der Waals surface area contributed by atoms with Gasteiger partial charge in [-0.3, -0.25) is 0 Å². The Morgan fingerprint density at radius 2 is 1.45 bits per heavy atom. The predicted molar refractivity (Wildman–Crippen MR) is 64.7 cm³/mol. The van der Waals surface area contributed by atoms with E-state index in [1.165, 1.54) is 18.2 Å². The van der Waals surface area contributed by atoms with Crippen molar-refractivity contribution in [2.45, 2.75) is 13.5 Å². The SMILES string of the molecule is Cc1ccc(CNc2c(F)c(F)cc(F)c2F)cc1F. The lowest BCUT2D eigenvalue weighted by Crippen LogP contribution is -2.07. The van der Waals surface area contributed by atoms with Gasteiger partial charge in [-0.25, -0.2) is 22.0 Å². The lowest BCUT2D eigenvalue weighted by Gasteiger charge is -2.10. The molecule has 0 aliphatic heterocycles. The maximum Gasteiger partial charge on any atom is 0.185 e. The average molecular weight is 287 g/mol. The van der Waals surface area contributed by atoms with E-state index in [9.17, 15) is 22.0 Å². The lowest BCUT2D eigenvalue weighted by atomic mass is 10.1. The van der Waals surface area contributed by atoms with E-state index in [-0.39, 0.29) is 12.6 Å². The number of nitrogens with one attached hydrogen (secondary N) is 1. The number of anilines is 1. The van der Waals surface area contributed by atoms with Crippen LogP contribution in [0.4, 0.5) is 27.6 Å². The standard InChI is InChI=1S/C14H10F5N/c1-7-2-3-8(4-9(7)15)6-20-14-12(18)10(16)5-11(17)13(14)19/h2-5,20H,6H2,1H3. The number of hydrogen-bond donors (Lipinski definition) is 1. The predicted octanol–water partition coefficient (Wildman–Crippen LogP) is 4.30. The molecule has 0 fully saturated rings. The topological polar surface area (TPSA) is 12.0 Å². The Hall–Kier alpha value is -2.11. The van der Waals surface area contributed by atoms with E-state index in [2.05, 4.69) is 5.32 Å². The van der Waals surface area contributed by atoms with E-state index in [4.69, 9.17) is 0 Å². The van der Waals surface area contributed by atoms with Crippen molar-refractivity contribution in [3.63, 3.8) is 0 Å². The molecule has 2 aromatic rings. The summed E-state index contributed by atoms with van der Waals surface area (Å²) in [4.78, 5) is 0. The van der Waals surface area contributed by atoms with E-state index >= 15 is 0 Å². The molecule has 0 spiro atoms. The van der Waals surface area contributed by atoms with Gasteiger partial charge in [0.25, 0.3) is 0 Å². The Balaban J connectivity index is 2.25. The molecule has 0 saturated carbocycles. The van der Waals surface area contributed by atoms with E-state index in [0.717, 1.165) is 0 Å². The van der Waals surface area contributed by atoms with Crippen LogP contribution in [-0.4, -0.2) is 0 Å². The van der Waals surface area contributed by atoms with Crippen LogP contribution >= 0.6 is 0 Å². The van der Waals surface area contributed by atoms with E-state index in [1.807, 2.05) is 0 Å². The molecule has 106 valence electrons. The van der Waals surface area contributed by atoms with Gasteiger partial charge in [0.2, 0.25) is 0 Å². The molecule has 0 aliphatic carbocycles. The molecule has 0 amide bonds. The van der Waals surface area contributed by atoms with Gasteiger partial charge in [-0.2, -0.15) is 0 Å². The van der Waals surface area contributed by atoms with Gasteiger partial charge < -0.3 is 5.32 Å². The molecular formula is C14H10F5N. The molecule has 6 heteroatoms. The maximum atomic E-state index is 13.4. The number of hydrogen-bond acceptors (Lipinski definition) is 1. The Kier molecular flexibility index (Phi) is 3.92. The summed E-state index contributed by atoms with van der Waals surface area (Å²) >= 11 is 0. The molecule has 0 aliphatic rings. The van der Waals surface area contributed by atoms with Crippen LogP contribution in [0.15, 0.2) is 24.3 Å². The van der Waals surface area contributed by atoms with Crippen molar-refractivity contribution in [3.05, 3.63) is 64.5 Å². The average Bonchev–Trinajstić information content (AvgIpc) is 2.40. The molecule has 2 aromatic carbocycles. The summed E-state index contributed by atoms with van der Waals surface area (Å²) in [6.45, 7) is 1.39. The van der Waals surface area contributed by atoms with Gasteiger partial charge in [-0.1, -0.05) is 12.1 Å². The van der Waals surface area contributed by atoms with Crippen LogP contribution in [0.5, 0.6) is 0 Å². The third kappa shape index (κ3) is 2.74. The summed E-state index contributed by atoms with van der Waals surface area (Å²) in [6.07, 6.45) is 0. The van der Waals surface area contributed by atoms with Crippen molar-refractivity contribution in [1.82, 2.24) is 0 Å². The second kappa shape index (κ2) is 5.48. The molecule has 0 bridgehead atoms. The van der Waals surface area contributed by atoms with E-state index in [1.54, 1.807) is 6.92 Å². The zero-order valence-corrected chi connectivity index (χ0v) is 10.4. The van der Waals surface area contributed by atoms with Gasteiger partial charge in [0, 0.05) is 12.6 Å². The van der Waals surface area contributed by atoms with Crippen molar-refractivity contribution in [2.75, 3.05) is 5.32 Å². The fourth-order valence-electron chi connectivity index (χ4n) is 1.67. The first-order valence-corrected chi connectivity index (χ1v) is 5.72. The van der Waals surface area contributed by atoms with Crippen LogP contribution in [0.2, 0.25) is 0 Å². The van der Waals surface area contributed by atoms with Crippen LogP contribution < -0.4 is 5.32 Å². The van der Waals surface area contributed by atoms with E-state index < -0.39 is 34.8 Å². The van der Waals surface area contributed by atoms with Crippen molar-refractivity contribution in [1.29, 1.82) is 0 Å². The van der Waals surface area contributed by atoms with Crippen molar-refractivity contribution in [3.8, 4) is 0 Å². The molecular weight excluding hydrogens is 277 g/mol. The van der Waals surface area contributed by atoms with Crippen molar-refractivity contribution < 1.29 is 22.0 Å². The summed E-state index contributed by atoms with van der Waals surface area (Å²) < 4.78 is 66.0. The van der Waals surface area contributed by atoms with Crippen LogP contribution in [-0.2, 0) is 6.54 Å². The van der Waals surface area contributed by atoms with Gasteiger partial charge in [-0.05, 0) is 24.1 Å². The minimum absolute atomic E-state index is 0.126. The van der Waals surface area contributed by atoms with Crippen molar-refractivity contribution in [2.24, 2.45) is 0 Å². The monoisotopic (exact) mass is 287 g/mol. The Labute approximate surface area is 112 Å². The molecule has 0 heterocycles. The third-order valence-electron chi connectivity index (χ3n) is 2.82. The number of rotatable bonds is 3.